The number of ether oxygens (including phenoxy) is 1. The highest BCUT2D eigenvalue weighted by molar-refractivity contribution is 5.78. The van der Waals surface area contributed by atoms with Gasteiger partial charge in [-0.3, -0.25) is 4.99 Å². The van der Waals surface area contributed by atoms with Gasteiger partial charge in [0.1, 0.15) is 5.75 Å². The summed E-state index contributed by atoms with van der Waals surface area (Å²) in [5, 5.41) is 0. The summed E-state index contributed by atoms with van der Waals surface area (Å²) in [5.74, 6) is 2.43. The van der Waals surface area contributed by atoms with Crippen molar-refractivity contribution in [2.75, 3.05) is 26.7 Å². The Kier molecular flexibility index (Phi) is 5.48. The Morgan fingerprint density at radius 3 is 2.76 bits per heavy atom. The third kappa shape index (κ3) is 4.38. The Morgan fingerprint density at radius 2 is 2.10 bits per heavy atom. The molecule has 0 radical (unpaired) electrons. The Hall–Kier alpha value is -1.71. The van der Waals surface area contributed by atoms with Crippen LogP contribution in [0.1, 0.15) is 30.9 Å². The summed E-state index contributed by atoms with van der Waals surface area (Å²) in [6.45, 7) is 7.16. The van der Waals surface area contributed by atoms with Crippen molar-refractivity contribution in [3.63, 3.8) is 0 Å². The normalized spacial score (nSPS) is 17.1. The highest BCUT2D eigenvalue weighted by atomic mass is 16.5. The van der Waals surface area contributed by atoms with Gasteiger partial charge in [0.15, 0.2) is 5.96 Å². The minimum absolute atomic E-state index is 0.688. The van der Waals surface area contributed by atoms with E-state index in [4.69, 9.17) is 10.5 Å². The van der Waals surface area contributed by atoms with Crippen molar-refractivity contribution < 1.29 is 4.74 Å². The molecule has 21 heavy (non-hydrogen) atoms. The number of aliphatic imine (C=N–C) groups is 1. The van der Waals surface area contributed by atoms with Crippen LogP contribution in [-0.2, 0) is 6.42 Å². The average Bonchev–Trinajstić information content (AvgIpc) is 2.48. The van der Waals surface area contributed by atoms with Gasteiger partial charge in [-0.1, -0.05) is 24.6 Å². The third-order valence-corrected chi connectivity index (χ3v) is 4.20. The minimum atomic E-state index is 0.688. The van der Waals surface area contributed by atoms with Crippen molar-refractivity contribution in [3.05, 3.63) is 29.3 Å². The molecule has 116 valence electrons. The standard InChI is InChI=1S/C17H27N3O/c1-13-7-10-20(11-8-13)17(18)19-9-6-15-12-14(2)4-5-16(15)21-3/h4-5,12-13H,6-11H2,1-3H3,(H2,18,19). The Balaban J connectivity index is 1.91. The summed E-state index contributed by atoms with van der Waals surface area (Å²) >= 11 is 0. The van der Waals surface area contributed by atoms with E-state index in [0.29, 0.717) is 12.5 Å². The molecular weight excluding hydrogens is 262 g/mol. The Morgan fingerprint density at radius 1 is 1.38 bits per heavy atom. The minimum Gasteiger partial charge on any atom is -0.496 e. The van der Waals surface area contributed by atoms with Crippen LogP contribution in [0, 0.1) is 12.8 Å². The smallest absolute Gasteiger partial charge is 0.191 e. The number of hydrogen-bond donors (Lipinski definition) is 1. The zero-order chi connectivity index (χ0) is 15.2. The van der Waals surface area contributed by atoms with Crippen LogP contribution in [0.3, 0.4) is 0 Å². The summed E-state index contributed by atoms with van der Waals surface area (Å²) in [6, 6.07) is 6.24. The van der Waals surface area contributed by atoms with Crippen LogP contribution in [0.25, 0.3) is 0 Å². The molecule has 0 aromatic heterocycles. The number of piperidine rings is 1. The molecule has 1 aromatic rings. The van der Waals surface area contributed by atoms with Gasteiger partial charge in [-0.15, -0.1) is 0 Å². The molecule has 1 aliphatic heterocycles. The van der Waals surface area contributed by atoms with Gasteiger partial charge in [-0.2, -0.15) is 0 Å². The summed E-state index contributed by atoms with van der Waals surface area (Å²) in [4.78, 5) is 6.74. The molecule has 0 amide bonds. The number of hydrogen-bond acceptors (Lipinski definition) is 2. The SMILES string of the molecule is COc1ccc(C)cc1CCN=C(N)N1CCC(C)CC1. The van der Waals surface area contributed by atoms with E-state index in [0.717, 1.165) is 31.2 Å². The van der Waals surface area contributed by atoms with Gasteiger partial charge in [0.25, 0.3) is 0 Å². The number of aryl methyl sites for hydroxylation is 1. The molecule has 2 N–H and O–H groups in total. The van der Waals surface area contributed by atoms with Crippen LogP contribution >= 0.6 is 0 Å². The van der Waals surface area contributed by atoms with Gasteiger partial charge in [-0.05, 0) is 43.7 Å². The molecular formula is C17H27N3O. The number of nitrogens with zero attached hydrogens (tertiary/aromatic N) is 2. The molecule has 4 heteroatoms. The van der Waals surface area contributed by atoms with Crippen LogP contribution in [0.5, 0.6) is 5.75 Å². The molecule has 0 bridgehead atoms. The van der Waals surface area contributed by atoms with Crippen LogP contribution in [0.2, 0.25) is 0 Å². The molecule has 1 fully saturated rings. The number of nitrogens with two attached hydrogens (primary N) is 1. The fraction of sp³-hybridized carbons (Fsp3) is 0.588. The van der Waals surface area contributed by atoms with E-state index < -0.39 is 0 Å². The Bertz CT molecular complexity index is 491. The second-order valence-corrected chi connectivity index (χ2v) is 5.97. The van der Waals surface area contributed by atoms with Crippen molar-refractivity contribution in [2.45, 2.75) is 33.1 Å². The van der Waals surface area contributed by atoms with E-state index in [-0.39, 0.29) is 0 Å². The van der Waals surface area contributed by atoms with Gasteiger partial charge in [0, 0.05) is 19.6 Å². The van der Waals surface area contributed by atoms with Gasteiger partial charge < -0.3 is 15.4 Å². The average molecular weight is 289 g/mol. The first-order valence-corrected chi connectivity index (χ1v) is 7.78. The third-order valence-electron chi connectivity index (χ3n) is 4.20. The summed E-state index contributed by atoms with van der Waals surface area (Å²) < 4.78 is 5.40. The first kappa shape index (κ1) is 15.7. The van der Waals surface area contributed by atoms with Crippen molar-refractivity contribution >= 4 is 5.96 Å². The Labute approximate surface area is 128 Å². The molecule has 2 rings (SSSR count). The maximum absolute atomic E-state index is 6.10. The lowest BCUT2D eigenvalue weighted by Crippen LogP contribution is -2.42. The number of likely N-dealkylation sites (tertiary alicyclic amines) is 1. The second kappa shape index (κ2) is 7.34. The lowest BCUT2D eigenvalue weighted by Gasteiger charge is -2.31. The molecule has 4 nitrogen and oxygen atoms in total. The van der Waals surface area contributed by atoms with Crippen LogP contribution in [-0.4, -0.2) is 37.6 Å². The highest BCUT2D eigenvalue weighted by Gasteiger charge is 2.16. The van der Waals surface area contributed by atoms with E-state index in [9.17, 15) is 0 Å². The zero-order valence-electron chi connectivity index (χ0n) is 13.4. The van der Waals surface area contributed by atoms with Crippen molar-refractivity contribution in [1.29, 1.82) is 0 Å². The van der Waals surface area contributed by atoms with Crippen molar-refractivity contribution in [2.24, 2.45) is 16.6 Å². The second-order valence-electron chi connectivity index (χ2n) is 5.97. The lowest BCUT2D eigenvalue weighted by atomic mass is 10.00. The zero-order valence-corrected chi connectivity index (χ0v) is 13.4. The van der Waals surface area contributed by atoms with Gasteiger partial charge in [0.2, 0.25) is 0 Å². The first-order chi connectivity index (χ1) is 10.1. The van der Waals surface area contributed by atoms with Gasteiger partial charge in [0.05, 0.1) is 7.11 Å². The summed E-state index contributed by atoms with van der Waals surface area (Å²) in [7, 11) is 1.71. The predicted octanol–water partition coefficient (Wildman–Crippen LogP) is 2.59. The molecule has 0 saturated carbocycles. The molecule has 0 aliphatic carbocycles. The van der Waals surface area contributed by atoms with E-state index in [1.165, 1.54) is 24.0 Å². The topological polar surface area (TPSA) is 50.9 Å². The highest BCUT2D eigenvalue weighted by Crippen LogP contribution is 2.20. The maximum Gasteiger partial charge on any atom is 0.191 e. The van der Waals surface area contributed by atoms with Crippen LogP contribution in [0.4, 0.5) is 0 Å². The van der Waals surface area contributed by atoms with E-state index in [2.05, 4.69) is 35.9 Å². The number of guanidine groups is 1. The summed E-state index contributed by atoms with van der Waals surface area (Å²) in [6.07, 6.45) is 3.28. The lowest BCUT2D eigenvalue weighted by molar-refractivity contribution is 0.277. The van der Waals surface area contributed by atoms with Crippen molar-refractivity contribution in [1.82, 2.24) is 4.90 Å². The molecule has 1 aromatic carbocycles. The van der Waals surface area contributed by atoms with Crippen LogP contribution < -0.4 is 10.5 Å². The van der Waals surface area contributed by atoms with Gasteiger partial charge >= 0.3 is 0 Å². The molecule has 0 spiro atoms. The quantitative estimate of drug-likeness (QED) is 0.684. The molecule has 0 unspecified atom stereocenters. The molecule has 1 saturated heterocycles. The number of rotatable bonds is 4. The summed E-state index contributed by atoms with van der Waals surface area (Å²) in [5.41, 5.74) is 8.54. The maximum atomic E-state index is 6.10. The molecule has 0 atom stereocenters. The fourth-order valence-corrected chi connectivity index (χ4v) is 2.73. The van der Waals surface area contributed by atoms with Crippen LogP contribution in [0.15, 0.2) is 23.2 Å². The monoisotopic (exact) mass is 289 g/mol. The first-order valence-electron chi connectivity index (χ1n) is 7.78. The fourth-order valence-electron chi connectivity index (χ4n) is 2.73. The molecule has 1 aliphatic rings. The van der Waals surface area contributed by atoms with E-state index in [1.54, 1.807) is 7.11 Å². The number of benzene rings is 1. The van der Waals surface area contributed by atoms with E-state index >= 15 is 0 Å². The number of methoxy groups -OCH3 is 1. The largest absolute Gasteiger partial charge is 0.496 e. The molecule has 1 heterocycles. The van der Waals surface area contributed by atoms with Gasteiger partial charge in [-0.25, -0.2) is 0 Å². The predicted molar refractivity (Wildman–Crippen MR) is 87.9 cm³/mol. The van der Waals surface area contributed by atoms with Crippen molar-refractivity contribution in [3.8, 4) is 5.75 Å². The van der Waals surface area contributed by atoms with E-state index in [1.807, 2.05) is 6.07 Å².